The number of nitrogens with zero attached hydrogens (tertiary/aromatic N) is 2. The third-order valence-corrected chi connectivity index (χ3v) is 3.38. The molecule has 3 heteroatoms. The SMILES string of the molecule is CC.CCCN(C)CC.CN1CCc2ccc(N)cc21. The van der Waals surface area contributed by atoms with Crippen LogP contribution in [-0.2, 0) is 6.42 Å². The van der Waals surface area contributed by atoms with E-state index in [1.54, 1.807) is 0 Å². The van der Waals surface area contributed by atoms with Gasteiger partial charge in [0.15, 0.2) is 0 Å². The van der Waals surface area contributed by atoms with Gasteiger partial charge in [0, 0.05) is 25.0 Å². The van der Waals surface area contributed by atoms with Crippen LogP contribution in [-0.4, -0.2) is 38.6 Å². The standard InChI is InChI=1S/C9H12N2.C6H15N.C2H6/c1-11-5-4-7-2-3-8(10)6-9(7)11;1-4-6-7(3)5-2;1-2/h2-3,6H,4-5,10H2,1H3;4-6H2,1-3H3;1-2H3. The third kappa shape index (κ3) is 6.29. The van der Waals surface area contributed by atoms with Crippen LogP contribution in [0.5, 0.6) is 0 Å². The van der Waals surface area contributed by atoms with Crippen molar-refractivity contribution in [1.29, 1.82) is 0 Å². The lowest BCUT2D eigenvalue weighted by Crippen LogP contribution is -2.17. The van der Waals surface area contributed by atoms with Crippen LogP contribution < -0.4 is 10.6 Å². The summed E-state index contributed by atoms with van der Waals surface area (Å²) in [5, 5.41) is 0. The van der Waals surface area contributed by atoms with Gasteiger partial charge in [0.1, 0.15) is 0 Å². The molecule has 0 spiro atoms. The summed E-state index contributed by atoms with van der Waals surface area (Å²) in [5.41, 5.74) is 9.24. The molecule has 0 radical (unpaired) electrons. The van der Waals surface area contributed by atoms with Crippen molar-refractivity contribution in [3.05, 3.63) is 23.8 Å². The molecule has 116 valence electrons. The van der Waals surface area contributed by atoms with E-state index in [2.05, 4.69) is 43.8 Å². The molecule has 0 bridgehead atoms. The maximum Gasteiger partial charge on any atom is 0.0417 e. The Morgan fingerprint density at radius 1 is 1.25 bits per heavy atom. The lowest BCUT2D eigenvalue weighted by molar-refractivity contribution is 0.353. The van der Waals surface area contributed by atoms with E-state index in [4.69, 9.17) is 5.73 Å². The lowest BCUT2D eigenvalue weighted by Gasteiger charge is -2.11. The summed E-state index contributed by atoms with van der Waals surface area (Å²) < 4.78 is 0. The Morgan fingerprint density at radius 2 is 1.90 bits per heavy atom. The number of anilines is 2. The average molecular weight is 279 g/mol. The van der Waals surface area contributed by atoms with Crippen molar-refractivity contribution in [2.24, 2.45) is 0 Å². The Kier molecular flexibility index (Phi) is 9.91. The average Bonchev–Trinajstić information content (AvgIpc) is 2.83. The molecular weight excluding hydrogens is 246 g/mol. The van der Waals surface area contributed by atoms with Gasteiger partial charge in [-0.2, -0.15) is 0 Å². The smallest absolute Gasteiger partial charge is 0.0417 e. The molecule has 1 heterocycles. The summed E-state index contributed by atoms with van der Waals surface area (Å²) >= 11 is 0. The Labute approximate surface area is 125 Å². The second kappa shape index (κ2) is 10.6. The molecule has 1 aliphatic heterocycles. The molecule has 0 amide bonds. The van der Waals surface area contributed by atoms with Crippen LogP contribution in [0.2, 0.25) is 0 Å². The highest BCUT2D eigenvalue weighted by Gasteiger charge is 2.14. The van der Waals surface area contributed by atoms with Crippen molar-refractivity contribution in [2.75, 3.05) is 44.4 Å². The number of benzene rings is 1. The summed E-state index contributed by atoms with van der Waals surface area (Å²) in [4.78, 5) is 4.55. The molecule has 2 N–H and O–H groups in total. The van der Waals surface area contributed by atoms with Crippen molar-refractivity contribution in [2.45, 2.75) is 40.5 Å². The number of fused-ring (bicyclic) bond motifs is 1. The summed E-state index contributed by atoms with van der Waals surface area (Å²) in [6, 6.07) is 6.13. The molecule has 1 aliphatic rings. The van der Waals surface area contributed by atoms with Crippen LogP contribution in [0.15, 0.2) is 18.2 Å². The van der Waals surface area contributed by atoms with Crippen LogP contribution in [0.3, 0.4) is 0 Å². The van der Waals surface area contributed by atoms with Gasteiger partial charge in [0.2, 0.25) is 0 Å². The number of hydrogen-bond acceptors (Lipinski definition) is 3. The van der Waals surface area contributed by atoms with Crippen molar-refractivity contribution in [3.63, 3.8) is 0 Å². The maximum absolute atomic E-state index is 5.67. The molecule has 0 aliphatic carbocycles. The van der Waals surface area contributed by atoms with Gasteiger partial charge >= 0.3 is 0 Å². The van der Waals surface area contributed by atoms with Gasteiger partial charge in [-0.25, -0.2) is 0 Å². The Hall–Kier alpha value is -1.22. The molecule has 0 saturated carbocycles. The van der Waals surface area contributed by atoms with E-state index in [1.165, 1.54) is 30.8 Å². The topological polar surface area (TPSA) is 32.5 Å². The molecule has 2 rings (SSSR count). The van der Waals surface area contributed by atoms with Crippen LogP contribution in [0.4, 0.5) is 11.4 Å². The molecule has 1 aromatic carbocycles. The highest BCUT2D eigenvalue weighted by molar-refractivity contribution is 5.63. The zero-order valence-electron chi connectivity index (χ0n) is 14.2. The van der Waals surface area contributed by atoms with Crippen LogP contribution in [0, 0.1) is 0 Å². The van der Waals surface area contributed by atoms with Gasteiger partial charge in [-0.15, -0.1) is 0 Å². The fraction of sp³-hybridized carbons (Fsp3) is 0.647. The first-order valence-electron chi connectivity index (χ1n) is 7.86. The summed E-state index contributed by atoms with van der Waals surface area (Å²) in [5.74, 6) is 0. The van der Waals surface area contributed by atoms with Gasteiger partial charge < -0.3 is 15.5 Å². The van der Waals surface area contributed by atoms with Crippen molar-refractivity contribution >= 4 is 11.4 Å². The second-order valence-corrected chi connectivity index (χ2v) is 4.96. The van der Waals surface area contributed by atoms with Gasteiger partial charge in [0.25, 0.3) is 0 Å². The van der Waals surface area contributed by atoms with Crippen LogP contribution in [0.25, 0.3) is 0 Å². The molecule has 20 heavy (non-hydrogen) atoms. The molecule has 3 nitrogen and oxygen atoms in total. The fourth-order valence-corrected chi connectivity index (χ4v) is 2.10. The van der Waals surface area contributed by atoms with E-state index in [0.29, 0.717) is 0 Å². The monoisotopic (exact) mass is 279 g/mol. The van der Waals surface area contributed by atoms with Gasteiger partial charge in [0.05, 0.1) is 0 Å². The number of hydrogen-bond donors (Lipinski definition) is 1. The van der Waals surface area contributed by atoms with E-state index in [-0.39, 0.29) is 0 Å². The zero-order valence-corrected chi connectivity index (χ0v) is 14.2. The van der Waals surface area contributed by atoms with E-state index in [9.17, 15) is 0 Å². The van der Waals surface area contributed by atoms with Gasteiger partial charge in [-0.3, -0.25) is 0 Å². The summed E-state index contributed by atoms with van der Waals surface area (Å²) in [7, 11) is 4.24. The second-order valence-electron chi connectivity index (χ2n) is 4.96. The number of rotatable bonds is 3. The highest BCUT2D eigenvalue weighted by Crippen LogP contribution is 2.28. The molecule has 0 fully saturated rings. The molecule has 0 atom stereocenters. The van der Waals surface area contributed by atoms with Gasteiger partial charge in [-0.05, 0) is 50.7 Å². The van der Waals surface area contributed by atoms with E-state index >= 15 is 0 Å². The molecule has 1 aromatic rings. The molecule has 0 unspecified atom stereocenters. The van der Waals surface area contributed by atoms with E-state index < -0.39 is 0 Å². The van der Waals surface area contributed by atoms with Crippen molar-refractivity contribution in [1.82, 2.24) is 4.90 Å². The quantitative estimate of drug-likeness (QED) is 0.858. The summed E-state index contributed by atoms with van der Waals surface area (Å²) in [6.07, 6.45) is 2.43. The van der Waals surface area contributed by atoms with Crippen LogP contribution in [0.1, 0.15) is 39.7 Å². The minimum absolute atomic E-state index is 0.859. The zero-order chi connectivity index (χ0) is 15.5. The van der Waals surface area contributed by atoms with Crippen molar-refractivity contribution < 1.29 is 0 Å². The predicted octanol–water partition coefficient (Wildman–Crippen LogP) is 3.64. The first-order chi connectivity index (χ1) is 9.58. The first kappa shape index (κ1) is 18.8. The lowest BCUT2D eigenvalue weighted by atomic mass is 10.1. The maximum atomic E-state index is 5.67. The van der Waals surface area contributed by atoms with Crippen molar-refractivity contribution in [3.8, 4) is 0 Å². The summed E-state index contributed by atoms with van der Waals surface area (Å²) in [6.45, 7) is 11.9. The third-order valence-electron chi connectivity index (χ3n) is 3.38. The molecule has 0 aromatic heterocycles. The largest absolute Gasteiger partial charge is 0.399 e. The van der Waals surface area contributed by atoms with Gasteiger partial charge in [-0.1, -0.05) is 33.8 Å². The minimum Gasteiger partial charge on any atom is -0.399 e. The predicted molar refractivity (Wildman–Crippen MR) is 92.6 cm³/mol. The van der Waals surface area contributed by atoms with Crippen LogP contribution >= 0.6 is 0 Å². The first-order valence-corrected chi connectivity index (χ1v) is 7.86. The number of nitrogen functional groups attached to an aromatic ring is 1. The minimum atomic E-state index is 0.859. The molecule has 0 saturated heterocycles. The van der Waals surface area contributed by atoms with E-state index in [0.717, 1.165) is 18.7 Å². The number of nitrogens with two attached hydrogens (primary N) is 1. The Morgan fingerprint density at radius 3 is 2.40 bits per heavy atom. The fourth-order valence-electron chi connectivity index (χ4n) is 2.10. The number of likely N-dealkylation sites (N-methyl/N-ethyl adjacent to an activating group) is 1. The Bertz CT molecular complexity index is 363. The normalized spacial score (nSPS) is 12.2. The Balaban J connectivity index is 0.000000352. The molecular formula is C17H33N3. The highest BCUT2D eigenvalue weighted by atomic mass is 15.1. The van der Waals surface area contributed by atoms with E-state index in [1.807, 2.05) is 26.0 Å².